The van der Waals surface area contributed by atoms with Crippen molar-refractivity contribution in [3.8, 4) is 17.0 Å². The van der Waals surface area contributed by atoms with Crippen LogP contribution in [0.2, 0.25) is 0 Å². The molecule has 214 valence electrons. The molecule has 1 fully saturated rings. The zero-order valence-electron chi connectivity index (χ0n) is 22.5. The maximum atomic E-state index is 13.7. The largest absolute Gasteiger partial charge is 0.490 e. The third-order valence-corrected chi connectivity index (χ3v) is 7.37. The van der Waals surface area contributed by atoms with Crippen LogP contribution in [0.5, 0.6) is 5.75 Å². The Kier molecular flexibility index (Phi) is 7.91. The molecular formula is C32H29FN4O5. The number of carbonyl (C=O) groups excluding carboxylic acids is 1. The van der Waals surface area contributed by atoms with Crippen LogP contribution in [0, 0.1) is 5.82 Å². The number of hydrogen-bond donors (Lipinski definition) is 3. The van der Waals surface area contributed by atoms with Crippen molar-refractivity contribution in [1.82, 2.24) is 20.3 Å². The lowest BCUT2D eigenvalue weighted by Gasteiger charge is -2.37. The molecule has 5 aromatic rings. The van der Waals surface area contributed by atoms with Crippen molar-refractivity contribution < 1.29 is 28.9 Å². The van der Waals surface area contributed by atoms with Gasteiger partial charge < -0.3 is 25.0 Å². The van der Waals surface area contributed by atoms with E-state index < -0.39 is 30.2 Å². The lowest BCUT2D eigenvalue weighted by Crippen LogP contribution is -2.52. The number of fused-ring (bicyclic) bond motifs is 1. The number of aliphatic hydroxyl groups excluding tert-OH is 2. The molecule has 1 aliphatic rings. The van der Waals surface area contributed by atoms with Crippen molar-refractivity contribution in [3.63, 3.8) is 0 Å². The van der Waals surface area contributed by atoms with Crippen molar-refractivity contribution in [2.75, 3.05) is 13.2 Å². The van der Waals surface area contributed by atoms with Gasteiger partial charge in [-0.15, -0.1) is 5.10 Å². The number of carbonyl (C=O) groups is 1. The van der Waals surface area contributed by atoms with Crippen molar-refractivity contribution in [3.05, 3.63) is 114 Å². The van der Waals surface area contributed by atoms with Crippen molar-refractivity contribution in [1.29, 1.82) is 0 Å². The minimum Gasteiger partial charge on any atom is -0.490 e. The van der Waals surface area contributed by atoms with Crippen LogP contribution in [-0.4, -0.2) is 62.6 Å². The number of amides is 1. The van der Waals surface area contributed by atoms with Crippen LogP contribution in [0.3, 0.4) is 0 Å². The molecule has 0 spiro atoms. The molecule has 42 heavy (non-hydrogen) atoms. The zero-order chi connectivity index (χ0) is 29.1. The Balaban J connectivity index is 1.10. The molecule has 3 N–H and O–H groups in total. The van der Waals surface area contributed by atoms with E-state index in [-0.39, 0.29) is 25.7 Å². The number of ether oxygens (including phenoxy) is 2. The highest BCUT2D eigenvalue weighted by atomic mass is 19.1. The second-order valence-electron chi connectivity index (χ2n) is 10.2. The molecule has 2 heterocycles. The summed E-state index contributed by atoms with van der Waals surface area (Å²) in [6.07, 6.45) is -1.44. The number of aliphatic hydroxyl groups is 2. The summed E-state index contributed by atoms with van der Waals surface area (Å²) in [4.78, 5) is 12.9. The van der Waals surface area contributed by atoms with Gasteiger partial charge in [0.1, 0.15) is 48.2 Å². The summed E-state index contributed by atoms with van der Waals surface area (Å²) in [5.74, 6) is -0.0771. The standard InChI is InChI=1S/C32H29FN4O5/c33-25-10-5-9-22(15-25)26-17-37(36-35-26)30-27(38)18-41-29(31(30)39)19-42-28-11-4-3-8-24(28)16-34-32(40)23-13-12-20-6-1-2-7-21(20)14-23/h1-15,17,27,29-31,38-39H,16,18-19H2,(H,34,40)/t27?,29?,30?,31-/m0/s1. The highest BCUT2D eigenvalue weighted by Crippen LogP contribution is 2.29. The topological polar surface area (TPSA) is 119 Å². The normalized spacial score (nSPS) is 20.4. The molecule has 0 aliphatic carbocycles. The van der Waals surface area contributed by atoms with Crippen molar-refractivity contribution in [2.24, 2.45) is 0 Å². The molecule has 6 rings (SSSR count). The Morgan fingerprint density at radius 1 is 1.00 bits per heavy atom. The number of hydrogen-bond acceptors (Lipinski definition) is 7. The molecule has 1 saturated heterocycles. The summed E-state index contributed by atoms with van der Waals surface area (Å²) in [6.45, 7) is 0.179. The maximum absolute atomic E-state index is 13.7. The van der Waals surface area contributed by atoms with Gasteiger partial charge in [0, 0.05) is 23.2 Å². The molecule has 4 atom stereocenters. The summed E-state index contributed by atoms with van der Waals surface area (Å²) < 4.78 is 26.8. The molecule has 9 nitrogen and oxygen atoms in total. The fourth-order valence-electron chi connectivity index (χ4n) is 5.12. The minimum atomic E-state index is -1.17. The molecule has 0 bridgehead atoms. The van der Waals surface area contributed by atoms with Crippen LogP contribution < -0.4 is 10.1 Å². The van der Waals surface area contributed by atoms with Gasteiger partial charge in [0.05, 0.1) is 12.8 Å². The van der Waals surface area contributed by atoms with Crippen molar-refractivity contribution in [2.45, 2.75) is 30.9 Å². The third-order valence-electron chi connectivity index (χ3n) is 7.37. The van der Waals surface area contributed by atoms with E-state index in [1.807, 2.05) is 54.6 Å². The van der Waals surface area contributed by atoms with Crippen LogP contribution in [-0.2, 0) is 11.3 Å². The molecule has 1 aromatic heterocycles. The highest BCUT2D eigenvalue weighted by Gasteiger charge is 2.41. The zero-order valence-corrected chi connectivity index (χ0v) is 22.5. The first-order valence-corrected chi connectivity index (χ1v) is 13.6. The van der Waals surface area contributed by atoms with E-state index in [2.05, 4.69) is 15.6 Å². The molecule has 0 saturated carbocycles. The quantitative estimate of drug-likeness (QED) is 0.260. The smallest absolute Gasteiger partial charge is 0.251 e. The molecule has 4 aromatic carbocycles. The van der Waals surface area contributed by atoms with Crippen molar-refractivity contribution >= 4 is 16.7 Å². The molecule has 10 heteroatoms. The van der Waals surface area contributed by atoms with Crippen LogP contribution in [0.1, 0.15) is 22.0 Å². The summed E-state index contributed by atoms with van der Waals surface area (Å²) >= 11 is 0. The molecule has 1 amide bonds. The minimum absolute atomic E-state index is 0.00846. The monoisotopic (exact) mass is 568 g/mol. The Bertz CT molecular complexity index is 1710. The number of aromatic nitrogens is 3. The molecular weight excluding hydrogens is 539 g/mol. The summed E-state index contributed by atoms with van der Waals surface area (Å²) in [5.41, 5.74) is 2.25. The first-order chi connectivity index (χ1) is 20.5. The second kappa shape index (κ2) is 12.1. The van der Waals surface area contributed by atoms with Gasteiger partial charge in [0.15, 0.2) is 0 Å². The first-order valence-electron chi connectivity index (χ1n) is 13.6. The van der Waals surface area contributed by atoms with E-state index >= 15 is 0 Å². The predicted molar refractivity (Wildman–Crippen MR) is 153 cm³/mol. The number of nitrogens with one attached hydrogen (secondary N) is 1. The summed E-state index contributed by atoms with van der Waals surface area (Å²) in [6, 6.07) is 25.8. The SMILES string of the molecule is O=C(NCc1ccccc1OCC1OCC(O)C(n2cc(-c3cccc(F)c3)nn2)[C@H]1O)c1ccc2ccccc2c1. The van der Waals surface area contributed by atoms with Gasteiger partial charge in [0.25, 0.3) is 5.91 Å². The Labute approximate surface area is 241 Å². The Morgan fingerprint density at radius 3 is 2.67 bits per heavy atom. The number of halogens is 1. The van der Waals surface area contributed by atoms with Gasteiger partial charge in [-0.2, -0.15) is 0 Å². The van der Waals surface area contributed by atoms with Gasteiger partial charge in [-0.05, 0) is 41.1 Å². The Morgan fingerprint density at radius 2 is 1.81 bits per heavy atom. The lowest BCUT2D eigenvalue weighted by molar-refractivity contribution is -0.164. The third kappa shape index (κ3) is 5.87. The van der Waals surface area contributed by atoms with Gasteiger partial charge in [-0.25, -0.2) is 9.07 Å². The first kappa shape index (κ1) is 27.5. The van der Waals surface area contributed by atoms with E-state index in [4.69, 9.17) is 9.47 Å². The van der Waals surface area contributed by atoms with E-state index in [1.54, 1.807) is 30.5 Å². The second-order valence-corrected chi connectivity index (χ2v) is 10.2. The van der Waals surface area contributed by atoms with Crippen LogP contribution in [0.25, 0.3) is 22.0 Å². The van der Waals surface area contributed by atoms with Gasteiger partial charge in [0.2, 0.25) is 0 Å². The van der Waals surface area contributed by atoms with Gasteiger partial charge in [-0.3, -0.25) is 4.79 Å². The van der Waals surface area contributed by atoms with Gasteiger partial charge >= 0.3 is 0 Å². The molecule has 0 radical (unpaired) electrons. The lowest BCUT2D eigenvalue weighted by atomic mass is 9.97. The molecule has 1 aliphatic heterocycles. The van der Waals surface area contributed by atoms with E-state index in [0.717, 1.165) is 16.3 Å². The average Bonchev–Trinajstić information content (AvgIpc) is 3.49. The summed E-state index contributed by atoms with van der Waals surface area (Å²) in [7, 11) is 0. The fraction of sp³-hybridized carbons (Fsp3) is 0.219. The van der Waals surface area contributed by atoms with Crippen LogP contribution >= 0.6 is 0 Å². The maximum Gasteiger partial charge on any atom is 0.251 e. The number of para-hydroxylation sites is 1. The van der Waals surface area contributed by atoms with E-state index in [0.29, 0.717) is 22.6 Å². The van der Waals surface area contributed by atoms with Gasteiger partial charge in [-0.1, -0.05) is 65.9 Å². The average molecular weight is 569 g/mol. The summed E-state index contributed by atoms with van der Waals surface area (Å²) in [5, 5.41) is 34.9. The fourth-order valence-corrected chi connectivity index (χ4v) is 5.12. The Hall–Kier alpha value is -4.64. The van der Waals surface area contributed by atoms with E-state index in [1.165, 1.54) is 16.8 Å². The van der Waals surface area contributed by atoms with E-state index in [9.17, 15) is 19.4 Å². The predicted octanol–water partition coefficient (Wildman–Crippen LogP) is 3.91. The highest BCUT2D eigenvalue weighted by molar-refractivity contribution is 5.98. The molecule has 3 unspecified atom stereocenters. The number of benzene rings is 4. The van der Waals surface area contributed by atoms with Crippen LogP contribution in [0.15, 0.2) is 97.2 Å². The number of nitrogens with zero attached hydrogens (tertiary/aromatic N) is 3. The number of rotatable bonds is 8. The van der Waals surface area contributed by atoms with Crippen LogP contribution in [0.4, 0.5) is 4.39 Å².